The number of carbonyl (C=O) groups is 1. The lowest BCUT2D eigenvalue weighted by Gasteiger charge is -2.27. The molecule has 21 heavy (non-hydrogen) atoms. The molecular weight excluding hydrogens is 336 g/mol. The summed E-state index contributed by atoms with van der Waals surface area (Å²) >= 11 is 3.42. The van der Waals surface area contributed by atoms with Crippen LogP contribution in [0.4, 0.5) is 5.82 Å². The largest absolute Gasteiger partial charge is 0.461 e. The fourth-order valence-electron chi connectivity index (χ4n) is 2.57. The van der Waals surface area contributed by atoms with E-state index in [-0.39, 0.29) is 0 Å². The second-order valence-corrected chi connectivity index (χ2v) is 5.82. The van der Waals surface area contributed by atoms with E-state index in [1.165, 1.54) is 6.42 Å². The molecule has 0 saturated carbocycles. The van der Waals surface area contributed by atoms with Crippen molar-refractivity contribution in [2.24, 2.45) is 0 Å². The number of imidazole rings is 1. The number of rotatable bonds is 3. The molecule has 112 valence electrons. The number of hydrogen-bond donors (Lipinski definition) is 0. The highest BCUT2D eigenvalue weighted by Gasteiger charge is 2.20. The van der Waals surface area contributed by atoms with Crippen LogP contribution >= 0.6 is 15.9 Å². The average molecular weight is 353 g/mol. The molecule has 0 aromatic carbocycles. The van der Waals surface area contributed by atoms with Crippen LogP contribution in [0.5, 0.6) is 0 Å². The fourth-order valence-corrected chi connectivity index (χ4v) is 2.96. The molecule has 1 aliphatic rings. The second kappa shape index (κ2) is 6.01. The molecule has 3 heterocycles. The minimum atomic E-state index is -0.401. The van der Waals surface area contributed by atoms with E-state index >= 15 is 0 Å². The number of esters is 1. The molecule has 1 fully saturated rings. The Bertz CT molecular complexity index is 664. The first-order valence-corrected chi connectivity index (χ1v) is 7.95. The monoisotopic (exact) mass is 352 g/mol. The number of carbonyl (C=O) groups excluding carboxylic acids is 1. The number of piperidine rings is 1. The predicted octanol–water partition coefficient (Wildman–Crippen LogP) is 2.66. The Labute approximate surface area is 131 Å². The van der Waals surface area contributed by atoms with E-state index in [2.05, 4.69) is 30.8 Å². The topological polar surface area (TPSA) is 59.7 Å². The Balaban J connectivity index is 2.04. The summed E-state index contributed by atoms with van der Waals surface area (Å²) in [6, 6.07) is 0. The van der Waals surface area contributed by atoms with Crippen molar-refractivity contribution in [1.82, 2.24) is 14.4 Å². The van der Waals surface area contributed by atoms with Crippen molar-refractivity contribution in [2.75, 3.05) is 24.6 Å². The average Bonchev–Trinajstić information content (AvgIpc) is 2.91. The maximum absolute atomic E-state index is 11.8. The van der Waals surface area contributed by atoms with Crippen molar-refractivity contribution in [3.63, 3.8) is 0 Å². The minimum Gasteiger partial charge on any atom is -0.461 e. The van der Waals surface area contributed by atoms with E-state index in [1.807, 2.05) is 4.40 Å². The van der Waals surface area contributed by atoms with Gasteiger partial charge in [0.25, 0.3) is 0 Å². The van der Waals surface area contributed by atoms with E-state index in [4.69, 9.17) is 4.74 Å². The maximum Gasteiger partial charge on any atom is 0.358 e. The Hall–Kier alpha value is -1.63. The van der Waals surface area contributed by atoms with Crippen molar-refractivity contribution in [3.8, 4) is 0 Å². The molecular formula is C14H17BrN4O2. The number of halogens is 1. The molecule has 0 bridgehead atoms. The molecule has 0 radical (unpaired) electrons. The van der Waals surface area contributed by atoms with Crippen LogP contribution < -0.4 is 4.90 Å². The van der Waals surface area contributed by atoms with Gasteiger partial charge in [-0.25, -0.2) is 14.8 Å². The van der Waals surface area contributed by atoms with Crippen LogP contribution in [0.2, 0.25) is 0 Å². The standard InChI is InChI=1S/C14H17BrN4O2/c1-2-21-14(20)10-8-19-9-11(15)17-13(12(19)16-10)18-6-4-3-5-7-18/h8-9H,2-7H2,1H3. The lowest BCUT2D eigenvalue weighted by Crippen LogP contribution is -2.30. The third-order valence-electron chi connectivity index (χ3n) is 3.53. The molecule has 0 spiro atoms. The van der Waals surface area contributed by atoms with Gasteiger partial charge in [0.15, 0.2) is 17.2 Å². The number of fused-ring (bicyclic) bond motifs is 1. The Morgan fingerprint density at radius 3 is 2.76 bits per heavy atom. The normalized spacial score (nSPS) is 15.4. The van der Waals surface area contributed by atoms with E-state index in [0.717, 1.165) is 36.4 Å². The predicted molar refractivity (Wildman–Crippen MR) is 82.7 cm³/mol. The molecule has 3 rings (SSSR count). The summed E-state index contributed by atoms with van der Waals surface area (Å²) in [6.07, 6.45) is 7.06. The zero-order chi connectivity index (χ0) is 14.8. The van der Waals surface area contributed by atoms with Crippen molar-refractivity contribution < 1.29 is 9.53 Å². The Morgan fingerprint density at radius 2 is 2.05 bits per heavy atom. The molecule has 6 nitrogen and oxygen atoms in total. The summed E-state index contributed by atoms with van der Waals surface area (Å²) in [5.74, 6) is 0.418. The number of aromatic nitrogens is 3. The van der Waals surface area contributed by atoms with Gasteiger partial charge >= 0.3 is 5.97 Å². The summed E-state index contributed by atoms with van der Waals surface area (Å²) in [5.41, 5.74) is 1.01. The Kier molecular flexibility index (Phi) is 4.10. The number of ether oxygens (including phenoxy) is 1. The van der Waals surface area contributed by atoms with Gasteiger partial charge in [-0.15, -0.1) is 0 Å². The SMILES string of the molecule is CCOC(=O)c1cn2cc(Br)nc(N3CCCCC3)c2n1. The van der Waals surface area contributed by atoms with E-state index in [1.54, 1.807) is 19.3 Å². The lowest BCUT2D eigenvalue weighted by atomic mass is 10.1. The molecule has 0 unspecified atom stereocenters. The summed E-state index contributed by atoms with van der Waals surface area (Å²) in [4.78, 5) is 23.0. The van der Waals surface area contributed by atoms with E-state index in [0.29, 0.717) is 17.9 Å². The molecule has 1 saturated heterocycles. The van der Waals surface area contributed by atoms with Crippen LogP contribution in [-0.2, 0) is 4.74 Å². The van der Waals surface area contributed by atoms with Gasteiger partial charge in [0.2, 0.25) is 0 Å². The van der Waals surface area contributed by atoms with Crippen LogP contribution in [0, 0.1) is 0 Å². The van der Waals surface area contributed by atoms with Crippen LogP contribution in [-0.4, -0.2) is 40.0 Å². The van der Waals surface area contributed by atoms with E-state index in [9.17, 15) is 4.79 Å². The van der Waals surface area contributed by atoms with Gasteiger partial charge in [-0.1, -0.05) is 0 Å². The van der Waals surface area contributed by atoms with Gasteiger partial charge in [0, 0.05) is 25.5 Å². The quantitative estimate of drug-likeness (QED) is 0.794. The third kappa shape index (κ3) is 2.88. The van der Waals surface area contributed by atoms with Crippen molar-refractivity contribution in [2.45, 2.75) is 26.2 Å². The summed E-state index contributed by atoms with van der Waals surface area (Å²) in [6.45, 7) is 4.07. The first kappa shape index (κ1) is 14.3. The van der Waals surface area contributed by atoms with Crippen LogP contribution in [0.25, 0.3) is 5.65 Å². The van der Waals surface area contributed by atoms with Gasteiger partial charge in [-0.2, -0.15) is 0 Å². The van der Waals surface area contributed by atoms with Crippen LogP contribution in [0.15, 0.2) is 17.0 Å². The lowest BCUT2D eigenvalue weighted by molar-refractivity contribution is 0.0520. The highest BCUT2D eigenvalue weighted by molar-refractivity contribution is 9.10. The molecule has 0 amide bonds. The molecule has 2 aromatic heterocycles. The number of hydrogen-bond acceptors (Lipinski definition) is 5. The van der Waals surface area contributed by atoms with Crippen LogP contribution in [0.1, 0.15) is 36.7 Å². The first-order valence-electron chi connectivity index (χ1n) is 7.16. The van der Waals surface area contributed by atoms with Crippen molar-refractivity contribution in [1.29, 1.82) is 0 Å². The van der Waals surface area contributed by atoms with Gasteiger partial charge < -0.3 is 14.0 Å². The van der Waals surface area contributed by atoms with Gasteiger partial charge in [-0.05, 0) is 42.1 Å². The molecule has 7 heteroatoms. The zero-order valence-electron chi connectivity index (χ0n) is 11.9. The smallest absolute Gasteiger partial charge is 0.358 e. The fraction of sp³-hybridized carbons (Fsp3) is 0.500. The summed E-state index contributed by atoms with van der Waals surface area (Å²) in [5, 5.41) is 0. The van der Waals surface area contributed by atoms with Crippen molar-refractivity contribution >= 4 is 33.4 Å². The molecule has 0 aliphatic carbocycles. The van der Waals surface area contributed by atoms with Gasteiger partial charge in [-0.3, -0.25) is 0 Å². The highest BCUT2D eigenvalue weighted by atomic mass is 79.9. The zero-order valence-corrected chi connectivity index (χ0v) is 13.5. The molecule has 1 aliphatic heterocycles. The maximum atomic E-state index is 11.8. The van der Waals surface area contributed by atoms with Gasteiger partial charge in [0.1, 0.15) is 4.60 Å². The minimum absolute atomic E-state index is 0.315. The highest BCUT2D eigenvalue weighted by Crippen LogP contribution is 2.25. The number of anilines is 1. The molecule has 0 atom stereocenters. The Morgan fingerprint density at radius 1 is 1.29 bits per heavy atom. The third-order valence-corrected chi connectivity index (χ3v) is 3.91. The second-order valence-electron chi connectivity index (χ2n) is 5.01. The number of nitrogens with zero attached hydrogens (tertiary/aromatic N) is 4. The van der Waals surface area contributed by atoms with Crippen molar-refractivity contribution in [3.05, 3.63) is 22.7 Å². The van der Waals surface area contributed by atoms with Gasteiger partial charge in [0.05, 0.1) is 6.61 Å². The van der Waals surface area contributed by atoms with Crippen LogP contribution in [0.3, 0.4) is 0 Å². The summed E-state index contributed by atoms with van der Waals surface area (Å²) in [7, 11) is 0. The van der Waals surface area contributed by atoms with E-state index < -0.39 is 5.97 Å². The molecule has 2 aromatic rings. The molecule has 0 N–H and O–H groups in total. The first-order chi connectivity index (χ1) is 10.2. The summed E-state index contributed by atoms with van der Waals surface area (Å²) < 4.78 is 7.56.